The minimum Gasteiger partial charge on any atom is -0.465 e. The van der Waals surface area contributed by atoms with E-state index in [9.17, 15) is 4.79 Å². The van der Waals surface area contributed by atoms with E-state index in [0.717, 1.165) is 16.8 Å². The molecule has 4 rings (SSSR count). The van der Waals surface area contributed by atoms with Crippen LogP contribution in [0, 0.1) is 0 Å². The van der Waals surface area contributed by atoms with Gasteiger partial charge in [0.25, 0.3) is 0 Å². The Morgan fingerprint density at radius 3 is 2.67 bits per heavy atom. The summed E-state index contributed by atoms with van der Waals surface area (Å²) in [4.78, 5) is 15.9. The number of ether oxygens (including phenoxy) is 1. The molecule has 2 unspecified atom stereocenters. The van der Waals surface area contributed by atoms with Gasteiger partial charge in [-0.2, -0.15) is 0 Å². The molecule has 1 aliphatic heterocycles. The molecule has 2 atom stereocenters. The van der Waals surface area contributed by atoms with Crippen molar-refractivity contribution in [3.05, 3.63) is 71.4 Å². The molecule has 0 spiro atoms. The molecule has 2 aromatic carbocycles. The van der Waals surface area contributed by atoms with Crippen molar-refractivity contribution in [3.8, 4) is 0 Å². The predicted molar refractivity (Wildman–Crippen MR) is 93.8 cm³/mol. The molecule has 1 aromatic heterocycles. The number of carbonyl (C=O) groups excluding carboxylic acids is 1. The van der Waals surface area contributed by atoms with Crippen LogP contribution in [-0.2, 0) is 16.0 Å². The molecule has 0 saturated carbocycles. The van der Waals surface area contributed by atoms with Crippen LogP contribution in [0.1, 0.15) is 29.8 Å². The molecule has 0 fully saturated rings. The second kappa shape index (κ2) is 6.13. The van der Waals surface area contributed by atoms with Crippen LogP contribution < -0.4 is 5.32 Å². The number of aromatic amines is 1. The first kappa shape index (κ1) is 15.0. The van der Waals surface area contributed by atoms with Crippen molar-refractivity contribution >= 4 is 16.9 Å². The first-order valence-electron chi connectivity index (χ1n) is 8.35. The predicted octanol–water partition coefficient (Wildman–Crippen LogP) is 3.33. The second-order valence-electron chi connectivity index (χ2n) is 6.08. The van der Waals surface area contributed by atoms with E-state index in [1.54, 1.807) is 0 Å². The molecule has 0 radical (unpaired) electrons. The van der Waals surface area contributed by atoms with Crippen LogP contribution in [0.3, 0.4) is 0 Å². The standard InChI is InChI=1S/C20H20N2O2/c1-2-24-20(23)17-12-15-14-10-6-7-11-16(14)21-19(15)18(22-17)13-8-4-3-5-9-13/h3-11,17-18,21-22H,2,12H2,1H3. The minimum atomic E-state index is -0.332. The monoisotopic (exact) mass is 320 g/mol. The second-order valence-corrected chi connectivity index (χ2v) is 6.08. The van der Waals surface area contributed by atoms with Crippen molar-refractivity contribution in [1.29, 1.82) is 0 Å². The van der Waals surface area contributed by atoms with Crippen LogP contribution in [0.4, 0.5) is 0 Å². The Morgan fingerprint density at radius 1 is 1.12 bits per heavy atom. The van der Waals surface area contributed by atoms with E-state index in [-0.39, 0.29) is 18.1 Å². The number of rotatable bonds is 3. The Labute approximate surface area is 140 Å². The van der Waals surface area contributed by atoms with Crippen molar-refractivity contribution in [2.24, 2.45) is 0 Å². The zero-order valence-corrected chi connectivity index (χ0v) is 13.6. The molecule has 24 heavy (non-hydrogen) atoms. The van der Waals surface area contributed by atoms with Crippen molar-refractivity contribution in [1.82, 2.24) is 10.3 Å². The molecule has 0 aliphatic carbocycles. The van der Waals surface area contributed by atoms with Gasteiger partial charge in [-0.25, -0.2) is 0 Å². The summed E-state index contributed by atoms with van der Waals surface area (Å²) in [6, 6.07) is 18.1. The number of carbonyl (C=O) groups is 1. The van der Waals surface area contributed by atoms with Gasteiger partial charge in [0.15, 0.2) is 0 Å². The number of hydrogen-bond acceptors (Lipinski definition) is 3. The van der Waals surface area contributed by atoms with E-state index in [1.807, 2.05) is 37.3 Å². The molecular formula is C20H20N2O2. The summed E-state index contributed by atoms with van der Waals surface area (Å²) in [5.41, 5.74) is 4.59. The average Bonchev–Trinajstić information content (AvgIpc) is 3.00. The van der Waals surface area contributed by atoms with Crippen molar-refractivity contribution < 1.29 is 9.53 Å². The Morgan fingerprint density at radius 2 is 1.88 bits per heavy atom. The summed E-state index contributed by atoms with van der Waals surface area (Å²) in [5, 5.41) is 4.65. The number of nitrogens with one attached hydrogen (secondary N) is 2. The molecule has 0 bridgehead atoms. The van der Waals surface area contributed by atoms with Gasteiger partial charge >= 0.3 is 5.97 Å². The quantitative estimate of drug-likeness (QED) is 0.728. The number of esters is 1. The Balaban J connectivity index is 1.83. The van der Waals surface area contributed by atoms with Gasteiger partial charge in [-0.3, -0.25) is 10.1 Å². The average molecular weight is 320 g/mol. The number of fused-ring (bicyclic) bond motifs is 3. The van der Waals surface area contributed by atoms with E-state index in [2.05, 4.69) is 34.6 Å². The molecule has 2 N–H and O–H groups in total. The number of H-pyrrole nitrogens is 1. The van der Waals surface area contributed by atoms with Crippen LogP contribution in [-0.4, -0.2) is 23.6 Å². The van der Waals surface area contributed by atoms with Gasteiger partial charge in [0.2, 0.25) is 0 Å². The third-order valence-corrected chi connectivity index (χ3v) is 4.62. The minimum absolute atomic E-state index is 0.0447. The highest BCUT2D eigenvalue weighted by molar-refractivity contribution is 5.87. The fraction of sp³-hybridized carbons (Fsp3) is 0.250. The zero-order chi connectivity index (χ0) is 16.5. The van der Waals surface area contributed by atoms with Crippen LogP contribution in [0.15, 0.2) is 54.6 Å². The summed E-state index contributed by atoms with van der Waals surface area (Å²) in [6.45, 7) is 2.24. The molecule has 0 saturated heterocycles. The third kappa shape index (κ3) is 2.49. The van der Waals surface area contributed by atoms with Gasteiger partial charge in [-0.1, -0.05) is 48.5 Å². The maximum absolute atomic E-state index is 12.3. The van der Waals surface area contributed by atoms with Crippen LogP contribution in [0.2, 0.25) is 0 Å². The normalized spacial score (nSPS) is 19.9. The Kier molecular flexibility index (Phi) is 3.82. The molecule has 3 aromatic rings. The lowest BCUT2D eigenvalue weighted by Gasteiger charge is -2.30. The van der Waals surface area contributed by atoms with E-state index in [1.165, 1.54) is 10.9 Å². The summed E-state index contributed by atoms with van der Waals surface area (Å²) in [6.07, 6.45) is 0.640. The highest BCUT2D eigenvalue weighted by Gasteiger charge is 2.34. The fourth-order valence-corrected chi connectivity index (χ4v) is 3.54. The van der Waals surface area contributed by atoms with Crippen molar-refractivity contribution in [2.45, 2.75) is 25.4 Å². The largest absolute Gasteiger partial charge is 0.465 e. The highest BCUT2D eigenvalue weighted by atomic mass is 16.5. The van der Waals surface area contributed by atoms with Crippen molar-refractivity contribution in [3.63, 3.8) is 0 Å². The number of hydrogen-bond donors (Lipinski definition) is 2. The van der Waals surface area contributed by atoms with Crippen LogP contribution >= 0.6 is 0 Å². The van der Waals surface area contributed by atoms with Crippen LogP contribution in [0.5, 0.6) is 0 Å². The summed E-state index contributed by atoms with van der Waals surface area (Å²) in [7, 11) is 0. The number of aromatic nitrogens is 1. The molecule has 4 heteroatoms. The summed E-state index contributed by atoms with van der Waals surface area (Å²) < 4.78 is 5.26. The molecule has 0 amide bonds. The van der Waals surface area contributed by atoms with Gasteiger partial charge in [0.1, 0.15) is 6.04 Å². The Hall–Kier alpha value is -2.59. The lowest BCUT2D eigenvalue weighted by Crippen LogP contribution is -2.45. The molecular weight excluding hydrogens is 300 g/mol. The first-order chi connectivity index (χ1) is 11.8. The topological polar surface area (TPSA) is 54.1 Å². The van der Waals surface area contributed by atoms with Crippen molar-refractivity contribution in [2.75, 3.05) is 6.61 Å². The fourth-order valence-electron chi connectivity index (χ4n) is 3.54. The van der Waals surface area contributed by atoms with E-state index < -0.39 is 0 Å². The van der Waals surface area contributed by atoms with Gasteiger partial charge in [0.05, 0.1) is 12.6 Å². The lowest BCUT2D eigenvalue weighted by molar-refractivity contribution is -0.146. The van der Waals surface area contributed by atoms with Gasteiger partial charge in [-0.05, 0) is 24.1 Å². The van der Waals surface area contributed by atoms with Gasteiger partial charge in [-0.15, -0.1) is 0 Å². The van der Waals surface area contributed by atoms with Crippen LogP contribution in [0.25, 0.3) is 10.9 Å². The van der Waals surface area contributed by atoms with E-state index >= 15 is 0 Å². The molecule has 4 nitrogen and oxygen atoms in total. The molecule has 1 aliphatic rings. The maximum Gasteiger partial charge on any atom is 0.323 e. The third-order valence-electron chi connectivity index (χ3n) is 4.62. The lowest BCUT2D eigenvalue weighted by atomic mass is 9.90. The Bertz CT molecular complexity index is 870. The number of para-hydroxylation sites is 1. The van der Waals surface area contributed by atoms with E-state index in [4.69, 9.17) is 4.74 Å². The highest BCUT2D eigenvalue weighted by Crippen LogP contribution is 2.35. The smallest absolute Gasteiger partial charge is 0.323 e. The first-order valence-corrected chi connectivity index (χ1v) is 8.35. The number of benzene rings is 2. The maximum atomic E-state index is 12.3. The van der Waals surface area contributed by atoms with Gasteiger partial charge in [0, 0.05) is 23.0 Å². The molecule has 122 valence electrons. The summed E-state index contributed by atoms with van der Waals surface area (Å²) >= 11 is 0. The zero-order valence-electron chi connectivity index (χ0n) is 13.6. The SMILES string of the molecule is CCOC(=O)C1Cc2c([nH]c3ccccc23)C(c2ccccc2)N1. The molecule has 2 heterocycles. The summed E-state index contributed by atoms with van der Waals surface area (Å²) in [5.74, 6) is -0.186. The van der Waals surface area contributed by atoms with E-state index in [0.29, 0.717) is 13.0 Å². The van der Waals surface area contributed by atoms with Gasteiger partial charge < -0.3 is 9.72 Å².